The molecule has 2 aliphatic rings. The molecular formula is C41H36FNO. The molecule has 0 aromatic heterocycles. The lowest BCUT2D eigenvalue weighted by molar-refractivity contribution is 0.0589. The van der Waals surface area contributed by atoms with Crippen molar-refractivity contribution < 1.29 is 9.18 Å². The Hall–Kier alpha value is -4.76. The highest BCUT2D eigenvalue weighted by molar-refractivity contribution is 6.02. The number of ketones is 1. The molecule has 44 heavy (non-hydrogen) atoms. The molecule has 0 saturated carbocycles. The lowest BCUT2D eigenvalue weighted by atomic mass is 9.48. The van der Waals surface area contributed by atoms with Gasteiger partial charge in [-0.3, -0.25) is 4.79 Å². The Kier molecular flexibility index (Phi) is 6.85. The first kappa shape index (κ1) is 28.0. The largest absolute Gasteiger partial charge is 0.399 e. The molecule has 0 spiro atoms. The summed E-state index contributed by atoms with van der Waals surface area (Å²) in [6.45, 7) is 4.63. The lowest BCUT2D eigenvalue weighted by Crippen LogP contribution is -2.58. The van der Waals surface area contributed by atoms with E-state index < -0.39 is 16.7 Å². The Morgan fingerprint density at radius 3 is 2.05 bits per heavy atom. The van der Waals surface area contributed by atoms with Crippen molar-refractivity contribution in [2.75, 3.05) is 5.73 Å². The summed E-state index contributed by atoms with van der Waals surface area (Å²) in [7, 11) is 0. The molecule has 0 aliphatic heterocycles. The van der Waals surface area contributed by atoms with Crippen molar-refractivity contribution in [1.82, 2.24) is 0 Å². The van der Waals surface area contributed by atoms with Crippen LogP contribution in [0.15, 0.2) is 115 Å². The van der Waals surface area contributed by atoms with Crippen LogP contribution in [0.3, 0.4) is 0 Å². The number of carbonyl (C=O) groups is 1. The summed E-state index contributed by atoms with van der Waals surface area (Å²) in [6, 6.07) is 37.8. The maximum absolute atomic E-state index is 14.8. The van der Waals surface area contributed by atoms with Gasteiger partial charge in [0.1, 0.15) is 5.82 Å². The van der Waals surface area contributed by atoms with Gasteiger partial charge in [0.2, 0.25) is 0 Å². The molecule has 7 rings (SSSR count). The van der Waals surface area contributed by atoms with Crippen LogP contribution >= 0.6 is 0 Å². The van der Waals surface area contributed by atoms with Crippen molar-refractivity contribution in [2.24, 2.45) is 11.3 Å². The first-order chi connectivity index (χ1) is 21.3. The predicted octanol–water partition coefficient (Wildman–Crippen LogP) is 7.45. The maximum Gasteiger partial charge on any atom is 0.170 e. The van der Waals surface area contributed by atoms with Gasteiger partial charge in [-0.1, -0.05) is 105 Å². The summed E-state index contributed by atoms with van der Waals surface area (Å²) in [4.78, 5) is 14.8. The van der Waals surface area contributed by atoms with Crippen LogP contribution in [-0.4, -0.2) is 5.78 Å². The van der Waals surface area contributed by atoms with Crippen molar-refractivity contribution in [3.05, 3.63) is 159 Å². The Balaban J connectivity index is 1.52. The van der Waals surface area contributed by atoms with Crippen LogP contribution < -0.4 is 16.2 Å². The number of carbonyl (C=O) groups excluding carboxylic acids is 1. The third-order valence-corrected chi connectivity index (χ3v) is 10.2. The molecule has 0 radical (unpaired) electrons. The quantitative estimate of drug-likeness (QED) is 0.168. The number of hydrogen-bond acceptors (Lipinski definition) is 2. The third kappa shape index (κ3) is 4.59. The molecule has 1 unspecified atom stereocenters. The standard InChI is InChI=1S/C41H36FNO/c1-40(2)37-22-21-33-34(20-16-29-15-19-32(43)23-35(29)33)36(37)24-38(39(44)30-13-17-31(42)18-14-30)41(40,25-27-9-5-3-6-10-27)26-28-11-7-4-8-12-28/h3-15,17-24,38H,16,25-26,43H2,1-2H3. The molecule has 2 aliphatic carbocycles. The van der Waals surface area contributed by atoms with E-state index in [4.69, 9.17) is 5.73 Å². The minimum atomic E-state index is -0.514. The second-order valence-electron chi connectivity index (χ2n) is 12.9. The number of benzene rings is 5. The van der Waals surface area contributed by atoms with E-state index in [0.29, 0.717) is 18.4 Å². The predicted molar refractivity (Wildman–Crippen MR) is 178 cm³/mol. The Morgan fingerprint density at radius 2 is 1.41 bits per heavy atom. The highest BCUT2D eigenvalue weighted by Crippen LogP contribution is 2.54. The van der Waals surface area contributed by atoms with Gasteiger partial charge in [0.05, 0.1) is 0 Å². The van der Waals surface area contributed by atoms with Crippen LogP contribution in [-0.2, 0) is 24.7 Å². The first-order valence-electron chi connectivity index (χ1n) is 15.4. The third-order valence-electron chi connectivity index (χ3n) is 10.2. The molecule has 0 bridgehead atoms. The average molecular weight is 578 g/mol. The summed E-state index contributed by atoms with van der Waals surface area (Å²) in [5.41, 5.74) is 13.8. The Labute approximate surface area is 258 Å². The summed E-state index contributed by atoms with van der Waals surface area (Å²) < 4.78 is 14.0. The van der Waals surface area contributed by atoms with E-state index in [2.05, 4.69) is 98.8 Å². The molecular weight excluding hydrogens is 541 g/mol. The minimum absolute atomic E-state index is 0.0219. The minimum Gasteiger partial charge on any atom is -0.399 e. The summed E-state index contributed by atoms with van der Waals surface area (Å²) >= 11 is 0. The smallest absolute Gasteiger partial charge is 0.170 e. The van der Waals surface area contributed by atoms with Crippen molar-refractivity contribution in [3.63, 3.8) is 0 Å². The van der Waals surface area contributed by atoms with Crippen LogP contribution in [0.25, 0.3) is 23.3 Å². The van der Waals surface area contributed by atoms with Gasteiger partial charge in [-0.05, 0) is 105 Å². The summed E-state index contributed by atoms with van der Waals surface area (Å²) in [5, 5.41) is 2.29. The molecule has 5 aromatic carbocycles. The number of nitrogens with two attached hydrogens (primary N) is 1. The van der Waals surface area contributed by atoms with Gasteiger partial charge in [-0.15, -0.1) is 0 Å². The van der Waals surface area contributed by atoms with Crippen LogP contribution in [0.2, 0.25) is 0 Å². The van der Waals surface area contributed by atoms with E-state index in [1.807, 2.05) is 18.2 Å². The molecule has 0 fully saturated rings. The van der Waals surface area contributed by atoms with Gasteiger partial charge in [0, 0.05) is 22.6 Å². The fraction of sp³-hybridized carbons (Fsp3) is 0.195. The first-order valence-corrected chi connectivity index (χ1v) is 15.4. The SMILES string of the molecule is CC1(C)c2ccc3c(c2=CC(C(=O)c2ccc(F)cc2)C1(Cc1ccccc1)Cc1ccccc1)=CCc1ccc(N)cc1-3. The Morgan fingerprint density at radius 1 is 0.773 bits per heavy atom. The number of fused-ring (bicyclic) bond motifs is 5. The normalized spacial score (nSPS) is 17.3. The fourth-order valence-electron chi connectivity index (χ4n) is 7.80. The molecule has 5 aromatic rings. The second-order valence-corrected chi connectivity index (χ2v) is 12.9. The molecule has 3 heteroatoms. The number of hydrogen-bond donors (Lipinski definition) is 1. The van der Waals surface area contributed by atoms with E-state index in [1.54, 1.807) is 12.1 Å². The van der Waals surface area contributed by atoms with Crippen molar-refractivity contribution >= 4 is 23.6 Å². The highest BCUT2D eigenvalue weighted by Gasteiger charge is 2.55. The zero-order chi connectivity index (χ0) is 30.5. The molecule has 218 valence electrons. The zero-order valence-corrected chi connectivity index (χ0v) is 25.2. The van der Waals surface area contributed by atoms with Crippen LogP contribution in [0, 0.1) is 17.2 Å². The molecule has 1 atom stereocenters. The van der Waals surface area contributed by atoms with Crippen molar-refractivity contribution in [2.45, 2.75) is 38.5 Å². The summed E-state index contributed by atoms with van der Waals surface area (Å²) in [5.74, 6) is -0.784. The van der Waals surface area contributed by atoms with E-state index in [-0.39, 0.29) is 11.6 Å². The number of Topliss-reactive ketones (excluding diaryl/α,β-unsaturated/α-hetero) is 1. The van der Waals surface area contributed by atoms with Gasteiger partial charge in [0.25, 0.3) is 0 Å². The molecule has 0 amide bonds. The van der Waals surface area contributed by atoms with Crippen molar-refractivity contribution in [3.8, 4) is 11.1 Å². The van der Waals surface area contributed by atoms with Gasteiger partial charge < -0.3 is 5.73 Å². The van der Waals surface area contributed by atoms with Crippen LogP contribution in [0.5, 0.6) is 0 Å². The van der Waals surface area contributed by atoms with Gasteiger partial charge >= 0.3 is 0 Å². The van der Waals surface area contributed by atoms with Crippen LogP contribution in [0.1, 0.15) is 46.5 Å². The van der Waals surface area contributed by atoms with Crippen LogP contribution in [0.4, 0.5) is 10.1 Å². The molecule has 2 N–H and O–H groups in total. The lowest BCUT2D eigenvalue weighted by Gasteiger charge is -2.54. The second kappa shape index (κ2) is 10.7. The highest BCUT2D eigenvalue weighted by atomic mass is 19.1. The number of halogens is 1. The van der Waals surface area contributed by atoms with E-state index >= 15 is 0 Å². The fourth-order valence-corrected chi connectivity index (χ4v) is 7.80. The van der Waals surface area contributed by atoms with E-state index in [9.17, 15) is 9.18 Å². The van der Waals surface area contributed by atoms with Gasteiger partial charge in [0.15, 0.2) is 5.78 Å². The number of nitrogen functional groups attached to an aromatic ring is 1. The number of rotatable bonds is 6. The van der Waals surface area contributed by atoms with E-state index in [1.165, 1.54) is 39.6 Å². The van der Waals surface area contributed by atoms with E-state index in [0.717, 1.165) is 28.5 Å². The topological polar surface area (TPSA) is 43.1 Å². The van der Waals surface area contributed by atoms with Gasteiger partial charge in [-0.25, -0.2) is 4.39 Å². The maximum atomic E-state index is 14.8. The molecule has 0 saturated heterocycles. The van der Waals surface area contributed by atoms with Gasteiger partial charge in [-0.2, -0.15) is 0 Å². The molecule has 2 nitrogen and oxygen atoms in total. The zero-order valence-electron chi connectivity index (χ0n) is 25.2. The number of anilines is 1. The Bertz CT molecular complexity index is 1950. The van der Waals surface area contributed by atoms with Crippen molar-refractivity contribution in [1.29, 1.82) is 0 Å². The average Bonchev–Trinajstić information content (AvgIpc) is 3.03. The summed E-state index contributed by atoms with van der Waals surface area (Å²) in [6.07, 6.45) is 6.78. The molecule has 0 heterocycles. The monoisotopic (exact) mass is 577 g/mol.